The Labute approximate surface area is 37.5 Å². The molecule has 0 spiro atoms. The largest absolute Gasteiger partial charge is 0.277 e. The minimum Gasteiger partial charge on any atom is -0.277 e. The highest BCUT2D eigenvalue weighted by molar-refractivity contribution is 5.45. The van der Waals surface area contributed by atoms with E-state index in [0.29, 0.717) is 13.0 Å². The van der Waals surface area contributed by atoms with Gasteiger partial charge in [0.25, 0.3) is 0 Å². The molecule has 0 rings (SSSR count). The van der Waals surface area contributed by atoms with Gasteiger partial charge < -0.3 is 0 Å². The van der Waals surface area contributed by atoms with Crippen molar-refractivity contribution in [2.75, 3.05) is 6.54 Å². The van der Waals surface area contributed by atoms with Crippen LogP contribution in [0, 0.1) is 6.42 Å². The van der Waals surface area contributed by atoms with Crippen molar-refractivity contribution in [2.24, 2.45) is 0 Å². The second-order valence-corrected chi connectivity index (χ2v) is 0.879. The second-order valence-electron chi connectivity index (χ2n) is 0.879. The molecule has 0 saturated heterocycles. The summed E-state index contributed by atoms with van der Waals surface area (Å²) < 4.78 is 0. The van der Waals surface area contributed by atoms with Gasteiger partial charge in [0.05, 0.1) is 0 Å². The Kier molecular flexibility index (Phi) is 4.08. The second kappa shape index (κ2) is 4.47. The highest BCUT2D eigenvalue weighted by Gasteiger charge is 1.73. The van der Waals surface area contributed by atoms with Crippen molar-refractivity contribution in [1.29, 1.82) is 0 Å². The molecule has 0 unspecified atom stereocenters. The van der Waals surface area contributed by atoms with E-state index in [1.807, 2.05) is 13.3 Å². The van der Waals surface area contributed by atoms with E-state index in [-0.39, 0.29) is 0 Å². The van der Waals surface area contributed by atoms with Crippen molar-refractivity contribution in [1.82, 2.24) is 5.32 Å². The zero-order chi connectivity index (χ0) is 4.83. The number of carbonyl (C=O) groups excluding carboxylic acids is 1. The lowest BCUT2D eigenvalue weighted by atomic mass is 10.5. The van der Waals surface area contributed by atoms with Crippen LogP contribution in [0.15, 0.2) is 0 Å². The fourth-order valence-corrected chi connectivity index (χ4v) is 0.148. The van der Waals surface area contributed by atoms with Crippen LogP contribution in [-0.4, -0.2) is 13.0 Å². The zero-order valence-corrected chi connectivity index (χ0v) is 3.72. The first kappa shape index (κ1) is 5.47. The van der Waals surface area contributed by atoms with Crippen molar-refractivity contribution in [3.63, 3.8) is 0 Å². The average Bonchev–Trinajstić information content (AvgIpc) is 1.61. The van der Waals surface area contributed by atoms with Gasteiger partial charge in [-0.25, -0.2) is 0 Å². The van der Waals surface area contributed by atoms with Gasteiger partial charge >= 0.3 is 0 Å². The first-order chi connectivity index (χ1) is 2.91. The van der Waals surface area contributed by atoms with Gasteiger partial charge in [-0.2, -0.15) is 0 Å². The Morgan fingerprint density at radius 2 is 2.50 bits per heavy atom. The van der Waals surface area contributed by atoms with Crippen molar-refractivity contribution in [2.45, 2.75) is 6.92 Å². The third kappa shape index (κ3) is 3.47. The van der Waals surface area contributed by atoms with Crippen LogP contribution in [0.4, 0.5) is 0 Å². The molecule has 0 aromatic carbocycles. The molecule has 0 atom stereocenters. The van der Waals surface area contributed by atoms with Gasteiger partial charge in [0.15, 0.2) is 0 Å². The van der Waals surface area contributed by atoms with Gasteiger partial charge in [-0.15, -0.1) is 0 Å². The summed E-state index contributed by atoms with van der Waals surface area (Å²) in [7, 11) is 0. The molecule has 0 aliphatic rings. The monoisotopic (exact) mass is 85.1 g/mol. The van der Waals surface area contributed by atoms with Crippen LogP contribution in [0.1, 0.15) is 6.92 Å². The van der Waals surface area contributed by atoms with Gasteiger partial charge in [-0.1, -0.05) is 6.92 Å². The topological polar surface area (TPSA) is 31.2 Å². The molecule has 0 saturated carbocycles. The smallest absolute Gasteiger partial charge is 0.228 e. The van der Waals surface area contributed by atoms with E-state index < -0.39 is 0 Å². The molecule has 0 aromatic heterocycles. The molecule has 0 heterocycles. The molecule has 1 amide bonds. The van der Waals surface area contributed by atoms with Crippen LogP contribution in [0.2, 0.25) is 0 Å². The molecule has 0 aromatic rings. The van der Waals surface area contributed by atoms with Gasteiger partial charge in [0.1, 0.15) is 0 Å². The molecule has 0 aliphatic heterocycles. The fourth-order valence-electron chi connectivity index (χ4n) is 0.148. The molecule has 0 fully saturated rings. The third-order valence-electron chi connectivity index (χ3n) is 0.363. The number of amides is 1. The van der Waals surface area contributed by atoms with E-state index in [4.69, 9.17) is 0 Å². The molecule has 6 heavy (non-hydrogen) atoms. The van der Waals surface area contributed by atoms with E-state index in [1.165, 1.54) is 0 Å². The van der Waals surface area contributed by atoms with Crippen LogP contribution in [0.25, 0.3) is 0 Å². The summed E-state index contributed by atoms with van der Waals surface area (Å²) in [5.74, 6) is 0. The summed E-state index contributed by atoms with van der Waals surface area (Å²) >= 11 is 0. The Morgan fingerprint density at radius 3 is 2.67 bits per heavy atom. The summed E-state index contributed by atoms with van der Waals surface area (Å²) in [4.78, 5) is 9.38. The molecule has 0 bridgehead atoms. The molecular weight excluding hydrogens is 78.0 g/mol. The molecule has 34 valence electrons. The molecule has 0 N–H and O–H groups in total. The maximum absolute atomic E-state index is 9.38. The number of carbonyl (C=O) groups is 1. The van der Waals surface area contributed by atoms with E-state index in [0.717, 1.165) is 0 Å². The van der Waals surface area contributed by atoms with E-state index in [2.05, 4.69) is 5.32 Å². The quantitative estimate of drug-likeness (QED) is 0.350. The Morgan fingerprint density at radius 1 is 1.83 bits per heavy atom. The molecule has 0 aliphatic carbocycles. The predicted molar refractivity (Wildman–Crippen MR) is 23.0 cm³/mol. The van der Waals surface area contributed by atoms with E-state index in [1.54, 1.807) is 0 Å². The van der Waals surface area contributed by atoms with E-state index >= 15 is 0 Å². The van der Waals surface area contributed by atoms with Crippen molar-refractivity contribution < 1.29 is 4.79 Å². The maximum atomic E-state index is 9.38. The van der Waals surface area contributed by atoms with Gasteiger partial charge in [0, 0.05) is 6.54 Å². The maximum Gasteiger partial charge on any atom is 0.228 e. The van der Waals surface area contributed by atoms with Crippen LogP contribution in [0.5, 0.6) is 0 Å². The molecule has 2 heteroatoms. The predicted octanol–water partition coefficient (Wildman–Crippen LogP) is -0.0286. The van der Waals surface area contributed by atoms with Crippen LogP contribution in [0.3, 0.4) is 0 Å². The summed E-state index contributed by atoms with van der Waals surface area (Å²) in [5.41, 5.74) is 0. The summed E-state index contributed by atoms with van der Waals surface area (Å²) in [5, 5.41) is 3.35. The third-order valence-corrected chi connectivity index (χ3v) is 0.363. The normalized spacial score (nSPS) is 7.50. The average molecular weight is 85.1 g/mol. The molecular formula is C4H7NO. The number of nitrogens with zero attached hydrogens (tertiary/aromatic N) is 1. The lowest BCUT2D eigenvalue weighted by Crippen LogP contribution is -2.01. The molecule has 2 radical (unpaired) electrons. The zero-order valence-electron chi connectivity index (χ0n) is 3.72. The highest BCUT2D eigenvalue weighted by Crippen LogP contribution is 1.63. The minimum absolute atomic E-state index is 0.545. The first-order valence-electron chi connectivity index (χ1n) is 1.80. The van der Waals surface area contributed by atoms with Crippen molar-refractivity contribution in [3.05, 3.63) is 6.42 Å². The highest BCUT2D eigenvalue weighted by atomic mass is 16.1. The summed E-state index contributed by atoms with van der Waals surface area (Å²) in [6.45, 7) is 2.40. The van der Waals surface area contributed by atoms with E-state index in [9.17, 15) is 4.79 Å². The lowest BCUT2D eigenvalue weighted by molar-refractivity contribution is -0.109. The summed E-state index contributed by atoms with van der Waals surface area (Å²) in [6, 6.07) is 0. The lowest BCUT2D eigenvalue weighted by Gasteiger charge is -1.81. The fraction of sp³-hybridized carbons (Fsp3) is 0.500. The summed E-state index contributed by atoms with van der Waals surface area (Å²) in [6.07, 6.45) is 2.37. The van der Waals surface area contributed by atoms with Crippen LogP contribution in [-0.2, 0) is 4.79 Å². The molecule has 2 nitrogen and oxygen atoms in total. The SMILES string of the molecule is C[CH]C[N]C=O. The Balaban J connectivity index is 2.49. The number of hydrogen-bond acceptors (Lipinski definition) is 1. The van der Waals surface area contributed by atoms with Gasteiger partial charge in [-0.05, 0) is 6.42 Å². The number of hydrogen-bond donors (Lipinski definition) is 0. The van der Waals surface area contributed by atoms with Crippen LogP contribution < -0.4 is 5.32 Å². The standard InChI is InChI=1S/C4H7NO/c1-2-3-5-4-6/h2,4H,3H2,1H3. The Hall–Kier alpha value is -0.530. The van der Waals surface area contributed by atoms with Crippen molar-refractivity contribution >= 4 is 6.41 Å². The number of rotatable bonds is 3. The minimum atomic E-state index is 0.545. The van der Waals surface area contributed by atoms with Crippen LogP contribution >= 0.6 is 0 Å². The van der Waals surface area contributed by atoms with Gasteiger partial charge in [-0.3, -0.25) is 10.1 Å². The van der Waals surface area contributed by atoms with Crippen molar-refractivity contribution in [3.8, 4) is 0 Å². The Bertz CT molecular complexity index is 36.5. The van der Waals surface area contributed by atoms with Gasteiger partial charge in [0.2, 0.25) is 6.41 Å². The first-order valence-corrected chi connectivity index (χ1v) is 1.80.